The first-order valence-corrected chi connectivity index (χ1v) is 7.97. The molecule has 4 rings (SSSR count). The second-order valence-corrected chi connectivity index (χ2v) is 6.00. The predicted molar refractivity (Wildman–Crippen MR) is 90.8 cm³/mol. The predicted octanol–water partition coefficient (Wildman–Crippen LogP) is 1.64. The number of pyridine rings is 1. The SMILES string of the molecule is Cc1ncc(CN2CCn3nc(-c4ccccn4)cc3C2)c(N)n1. The Morgan fingerprint density at radius 3 is 2.88 bits per heavy atom. The second kappa shape index (κ2) is 6.01. The molecule has 0 bridgehead atoms. The summed E-state index contributed by atoms with van der Waals surface area (Å²) in [5, 5.41) is 4.67. The Morgan fingerprint density at radius 2 is 2.08 bits per heavy atom. The number of nitrogens with zero attached hydrogens (tertiary/aromatic N) is 6. The van der Waals surface area contributed by atoms with Crippen LogP contribution in [0.25, 0.3) is 11.4 Å². The summed E-state index contributed by atoms with van der Waals surface area (Å²) in [6.07, 6.45) is 3.61. The molecule has 3 aromatic rings. The molecule has 7 heteroatoms. The summed E-state index contributed by atoms with van der Waals surface area (Å²) in [7, 11) is 0. The molecule has 0 saturated carbocycles. The van der Waals surface area contributed by atoms with Crippen molar-refractivity contribution in [1.82, 2.24) is 29.6 Å². The average molecular weight is 321 g/mol. The molecule has 0 unspecified atom stereocenters. The van der Waals surface area contributed by atoms with Crippen LogP contribution in [0.5, 0.6) is 0 Å². The molecular weight excluding hydrogens is 302 g/mol. The molecule has 0 fully saturated rings. The van der Waals surface area contributed by atoms with Crippen LogP contribution in [-0.2, 0) is 19.6 Å². The number of fused-ring (bicyclic) bond motifs is 1. The first kappa shape index (κ1) is 14.8. The largest absolute Gasteiger partial charge is 0.383 e. The van der Waals surface area contributed by atoms with E-state index in [0.717, 1.165) is 43.1 Å². The van der Waals surface area contributed by atoms with Gasteiger partial charge in [-0.2, -0.15) is 5.10 Å². The van der Waals surface area contributed by atoms with Crippen LogP contribution in [0.3, 0.4) is 0 Å². The third kappa shape index (κ3) is 2.85. The fraction of sp³-hybridized carbons (Fsp3) is 0.294. The lowest BCUT2D eigenvalue weighted by molar-refractivity contribution is 0.205. The molecule has 7 nitrogen and oxygen atoms in total. The van der Waals surface area contributed by atoms with Crippen molar-refractivity contribution in [1.29, 1.82) is 0 Å². The van der Waals surface area contributed by atoms with Gasteiger partial charge in [0.25, 0.3) is 0 Å². The van der Waals surface area contributed by atoms with E-state index >= 15 is 0 Å². The second-order valence-electron chi connectivity index (χ2n) is 6.00. The minimum Gasteiger partial charge on any atom is -0.383 e. The van der Waals surface area contributed by atoms with Crippen LogP contribution in [0.4, 0.5) is 5.82 Å². The Bertz CT molecular complexity index is 857. The minimum atomic E-state index is 0.566. The number of aromatic nitrogens is 5. The molecule has 122 valence electrons. The van der Waals surface area contributed by atoms with Crippen LogP contribution in [0.2, 0.25) is 0 Å². The summed E-state index contributed by atoms with van der Waals surface area (Å²) >= 11 is 0. The van der Waals surface area contributed by atoms with E-state index < -0.39 is 0 Å². The van der Waals surface area contributed by atoms with Gasteiger partial charge < -0.3 is 5.73 Å². The highest BCUT2D eigenvalue weighted by atomic mass is 15.3. The molecular formula is C17H19N7. The van der Waals surface area contributed by atoms with E-state index in [4.69, 9.17) is 5.73 Å². The van der Waals surface area contributed by atoms with Crippen LogP contribution in [0, 0.1) is 6.92 Å². The molecule has 3 aromatic heterocycles. The number of rotatable bonds is 3. The summed E-state index contributed by atoms with van der Waals surface area (Å²) in [4.78, 5) is 15.2. The molecule has 0 atom stereocenters. The Kier molecular flexibility index (Phi) is 3.70. The molecule has 0 amide bonds. The van der Waals surface area contributed by atoms with Gasteiger partial charge in [0.05, 0.1) is 17.9 Å². The van der Waals surface area contributed by atoms with Gasteiger partial charge in [0.2, 0.25) is 0 Å². The van der Waals surface area contributed by atoms with Crippen molar-refractivity contribution in [3.63, 3.8) is 0 Å². The van der Waals surface area contributed by atoms with E-state index in [2.05, 4.69) is 35.7 Å². The summed E-state index contributed by atoms with van der Waals surface area (Å²) in [6, 6.07) is 7.99. The lowest BCUT2D eigenvalue weighted by Crippen LogP contribution is -2.33. The van der Waals surface area contributed by atoms with Gasteiger partial charge in [-0.3, -0.25) is 14.6 Å². The van der Waals surface area contributed by atoms with Crippen molar-refractivity contribution in [2.45, 2.75) is 26.6 Å². The summed E-state index contributed by atoms with van der Waals surface area (Å²) in [6.45, 7) is 5.19. The number of hydrogen-bond donors (Lipinski definition) is 1. The quantitative estimate of drug-likeness (QED) is 0.789. The molecule has 24 heavy (non-hydrogen) atoms. The van der Waals surface area contributed by atoms with Crippen molar-refractivity contribution in [2.24, 2.45) is 0 Å². The summed E-state index contributed by atoms with van der Waals surface area (Å²) < 4.78 is 2.06. The van der Waals surface area contributed by atoms with E-state index in [1.165, 1.54) is 5.69 Å². The fourth-order valence-electron chi connectivity index (χ4n) is 2.97. The lowest BCUT2D eigenvalue weighted by Gasteiger charge is -2.27. The minimum absolute atomic E-state index is 0.566. The Morgan fingerprint density at radius 1 is 1.17 bits per heavy atom. The smallest absolute Gasteiger partial charge is 0.131 e. The number of anilines is 1. The maximum absolute atomic E-state index is 6.01. The monoisotopic (exact) mass is 321 g/mol. The molecule has 0 spiro atoms. The standard InChI is InChI=1S/C17H19N7/c1-12-20-9-13(17(18)21-12)10-23-6-7-24-14(11-23)8-16(22-24)15-4-2-3-5-19-15/h2-5,8-9H,6-7,10-11H2,1H3,(H2,18,20,21). The number of nitrogens with two attached hydrogens (primary N) is 1. The Hall–Kier alpha value is -2.80. The van der Waals surface area contributed by atoms with Crippen LogP contribution < -0.4 is 5.73 Å². The van der Waals surface area contributed by atoms with Crippen molar-refractivity contribution >= 4 is 5.82 Å². The average Bonchev–Trinajstić information content (AvgIpc) is 3.01. The van der Waals surface area contributed by atoms with Crippen LogP contribution in [0.15, 0.2) is 36.7 Å². The summed E-state index contributed by atoms with van der Waals surface area (Å²) in [5.41, 5.74) is 10.00. The Labute approximate surface area is 140 Å². The molecule has 0 aromatic carbocycles. The van der Waals surface area contributed by atoms with Crippen LogP contribution >= 0.6 is 0 Å². The number of hydrogen-bond acceptors (Lipinski definition) is 6. The highest BCUT2D eigenvalue weighted by molar-refractivity contribution is 5.54. The van der Waals surface area contributed by atoms with Gasteiger partial charge in [-0.15, -0.1) is 0 Å². The van der Waals surface area contributed by atoms with Crippen molar-refractivity contribution in [2.75, 3.05) is 12.3 Å². The van der Waals surface area contributed by atoms with Crippen LogP contribution in [0.1, 0.15) is 17.1 Å². The van der Waals surface area contributed by atoms with E-state index in [9.17, 15) is 0 Å². The molecule has 1 aliphatic rings. The molecule has 2 N–H and O–H groups in total. The van der Waals surface area contributed by atoms with Crippen molar-refractivity contribution in [3.05, 3.63) is 53.7 Å². The molecule has 0 aliphatic carbocycles. The fourth-order valence-corrected chi connectivity index (χ4v) is 2.97. The first-order chi connectivity index (χ1) is 11.7. The topological polar surface area (TPSA) is 85.8 Å². The van der Waals surface area contributed by atoms with Gasteiger partial charge in [-0.1, -0.05) is 6.07 Å². The van der Waals surface area contributed by atoms with Crippen molar-refractivity contribution in [3.8, 4) is 11.4 Å². The van der Waals surface area contributed by atoms with E-state index in [1.807, 2.05) is 31.3 Å². The normalized spacial score (nSPS) is 14.5. The molecule has 4 heterocycles. The molecule has 1 aliphatic heterocycles. The maximum Gasteiger partial charge on any atom is 0.131 e. The first-order valence-electron chi connectivity index (χ1n) is 7.97. The highest BCUT2D eigenvalue weighted by Gasteiger charge is 2.20. The van der Waals surface area contributed by atoms with Crippen molar-refractivity contribution < 1.29 is 0 Å². The summed E-state index contributed by atoms with van der Waals surface area (Å²) in [5.74, 6) is 1.27. The van der Waals surface area contributed by atoms with Gasteiger partial charge in [0.1, 0.15) is 17.3 Å². The maximum atomic E-state index is 6.01. The number of aryl methyl sites for hydroxylation is 1. The zero-order valence-electron chi connectivity index (χ0n) is 13.6. The van der Waals surface area contributed by atoms with Gasteiger partial charge in [0.15, 0.2) is 0 Å². The third-order valence-electron chi connectivity index (χ3n) is 4.22. The number of nitrogen functional groups attached to an aromatic ring is 1. The zero-order valence-corrected chi connectivity index (χ0v) is 13.6. The zero-order chi connectivity index (χ0) is 16.5. The van der Waals surface area contributed by atoms with E-state index in [0.29, 0.717) is 11.6 Å². The van der Waals surface area contributed by atoms with E-state index in [-0.39, 0.29) is 0 Å². The van der Waals surface area contributed by atoms with E-state index in [1.54, 1.807) is 6.20 Å². The van der Waals surface area contributed by atoms with Crippen LogP contribution in [-0.4, -0.2) is 36.2 Å². The Balaban J connectivity index is 1.52. The molecule has 0 radical (unpaired) electrons. The molecule has 0 saturated heterocycles. The van der Waals surface area contributed by atoms with Gasteiger partial charge in [-0.25, -0.2) is 9.97 Å². The van der Waals surface area contributed by atoms with Gasteiger partial charge >= 0.3 is 0 Å². The highest BCUT2D eigenvalue weighted by Crippen LogP contribution is 2.22. The van der Waals surface area contributed by atoms with Gasteiger partial charge in [-0.05, 0) is 25.1 Å². The third-order valence-corrected chi connectivity index (χ3v) is 4.22. The van der Waals surface area contributed by atoms with Gasteiger partial charge in [0, 0.05) is 37.6 Å². The lowest BCUT2D eigenvalue weighted by atomic mass is 10.2.